The lowest BCUT2D eigenvalue weighted by molar-refractivity contribution is -0.140. The van der Waals surface area contributed by atoms with Gasteiger partial charge in [-0.05, 0) is 26.0 Å². The predicted molar refractivity (Wildman–Crippen MR) is 103 cm³/mol. The van der Waals surface area contributed by atoms with Crippen molar-refractivity contribution in [3.63, 3.8) is 0 Å². The molecule has 1 N–H and O–H groups in total. The fraction of sp³-hybridized carbons (Fsp3) is 0.579. The third-order valence-electron chi connectivity index (χ3n) is 4.68. The van der Waals surface area contributed by atoms with Crippen LogP contribution < -0.4 is 15.0 Å². The van der Waals surface area contributed by atoms with Crippen molar-refractivity contribution in [2.24, 2.45) is 0 Å². The van der Waals surface area contributed by atoms with Gasteiger partial charge >= 0.3 is 0 Å². The van der Waals surface area contributed by atoms with Gasteiger partial charge in [-0.3, -0.25) is 14.5 Å². The summed E-state index contributed by atoms with van der Waals surface area (Å²) in [4.78, 5) is 30.6. The predicted octanol–water partition coefficient (Wildman–Crippen LogP) is 0.799. The number of amides is 2. The summed E-state index contributed by atoms with van der Waals surface area (Å²) in [5.41, 5.74) is 1.01. The van der Waals surface area contributed by atoms with Gasteiger partial charge in [-0.2, -0.15) is 0 Å². The van der Waals surface area contributed by atoms with Crippen LogP contribution in [-0.2, 0) is 9.59 Å². The molecule has 1 heterocycles. The van der Waals surface area contributed by atoms with E-state index in [1.54, 1.807) is 11.9 Å². The van der Waals surface area contributed by atoms with Gasteiger partial charge in [0.1, 0.15) is 11.8 Å². The lowest BCUT2D eigenvalue weighted by Crippen LogP contribution is -2.61. The normalized spacial score (nSPS) is 17.9. The number of nitrogens with zero attached hydrogens (tertiary/aromatic N) is 3. The topological polar surface area (TPSA) is 65.1 Å². The minimum Gasteiger partial charge on any atom is -0.484 e. The second-order valence-corrected chi connectivity index (χ2v) is 6.98. The average Bonchev–Trinajstić information content (AvgIpc) is 2.65. The van der Waals surface area contributed by atoms with Crippen molar-refractivity contribution in [3.8, 4) is 5.75 Å². The standard InChI is InChI=1S/C19H30N4O3/c1-14(2)23-10-9-22(12-17(23)19(25)20-3)18(24)13-26-16-8-6-7-15(11-16)21(4)5/h6-8,11,14,17H,9-10,12-13H2,1-5H3,(H,20,25)/t17-/m1/s1. The Bertz CT molecular complexity index is 633. The number of carbonyl (C=O) groups is 2. The van der Waals surface area contributed by atoms with E-state index < -0.39 is 0 Å². The zero-order chi connectivity index (χ0) is 19.3. The van der Waals surface area contributed by atoms with Crippen LogP contribution in [0.4, 0.5) is 5.69 Å². The Hall–Kier alpha value is -2.28. The minimum atomic E-state index is -0.324. The van der Waals surface area contributed by atoms with Crippen LogP contribution >= 0.6 is 0 Å². The van der Waals surface area contributed by atoms with Crippen LogP contribution in [0, 0.1) is 0 Å². The number of likely N-dealkylation sites (N-methyl/N-ethyl adjacent to an activating group) is 1. The van der Waals surface area contributed by atoms with E-state index in [2.05, 4.69) is 24.1 Å². The zero-order valence-corrected chi connectivity index (χ0v) is 16.4. The summed E-state index contributed by atoms with van der Waals surface area (Å²) in [5, 5.41) is 2.70. The van der Waals surface area contributed by atoms with Crippen LogP contribution in [0.15, 0.2) is 24.3 Å². The molecule has 0 saturated carbocycles. The highest BCUT2D eigenvalue weighted by atomic mass is 16.5. The van der Waals surface area contributed by atoms with Gasteiger partial charge in [-0.25, -0.2) is 0 Å². The first-order chi connectivity index (χ1) is 12.3. The lowest BCUT2D eigenvalue weighted by atomic mass is 10.1. The van der Waals surface area contributed by atoms with E-state index in [4.69, 9.17) is 4.74 Å². The van der Waals surface area contributed by atoms with E-state index in [9.17, 15) is 9.59 Å². The quantitative estimate of drug-likeness (QED) is 0.811. The first kappa shape index (κ1) is 20.0. The summed E-state index contributed by atoms with van der Waals surface area (Å²) < 4.78 is 5.68. The molecule has 0 radical (unpaired) electrons. The Balaban J connectivity index is 1.97. The second-order valence-electron chi connectivity index (χ2n) is 6.98. The number of benzene rings is 1. The SMILES string of the molecule is CNC(=O)[C@H]1CN(C(=O)COc2cccc(N(C)C)c2)CCN1C(C)C. The molecule has 1 aromatic rings. The zero-order valence-electron chi connectivity index (χ0n) is 16.4. The number of rotatable bonds is 6. The van der Waals surface area contributed by atoms with Crippen LogP contribution in [0.1, 0.15) is 13.8 Å². The summed E-state index contributed by atoms with van der Waals surface area (Å²) in [5.74, 6) is 0.501. The Morgan fingerprint density at radius 3 is 2.65 bits per heavy atom. The fourth-order valence-corrected chi connectivity index (χ4v) is 3.13. The molecule has 1 atom stereocenters. The van der Waals surface area contributed by atoms with E-state index in [1.165, 1.54) is 0 Å². The number of hydrogen-bond donors (Lipinski definition) is 1. The first-order valence-corrected chi connectivity index (χ1v) is 8.98. The molecule has 2 rings (SSSR count). The highest BCUT2D eigenvalue weighted by Gasteiger charge is 2.35. The Kier molecular flexibility index (Phi) is 6.85. The van der Waals surface area contributed by atoms with Gasteiger partial charge in [0.2, 0.25) is 5.91 Å². The number of piperazine rings is 1. The van der Waals surface area contributed by atoms with Crippen molar-refractivity contribution >= 4 is 17.5 Å². The number of nitrogens with one attached hydrogen (secondary N) is 1. The molecule has 26 heavy (non-hydrogen) atoms. The van der Waals surface area contributed by atoms with Crippen molar-refractivity contribution in [1.82, 2.24) is 15.1 Å². The number of hydrogen-bond acceptors (Lipinski definition) is 5. The molecular weight excluding hydrogens is 332 g/mol. The molecule has 144 valence electrons. The molecule has 1 aliphatic heterocycles. The molecule has 1 aliphatic rings. The fourth-order valence-electron chi connectivity index (χ4n) is 3.13. The lowest BCUT2D eigenvalue weighted by Gasteiger charge is -2.42. The van der Waals surface area contributed by atoms with E-state index in [0.717, 1.165) is 5.69 Å². The highest BCUT2D eigenvalue weighted by molar-refractivity contribution is 5.84. The van der Waals surface area contributed by atoms with Crippen LogP contribution in [0.5, 0.6) is 5.75 Å². The highest BCUT2D eigenvalue weighted by Crippen LogP contribution is 2.20. The Morgan fingerprint density at radius 1 is 1.31 bits per heavy atom. The molecule has 0 aromatic heterocycles. The first-order valence-electron chi connectivity index (χ1n) is 8.98. The second kappa shape index (κ2) is 8.89. The van der Waals surface area contributed by atoms with Gasteiger partial charge < -0.3 is 19.9 Å². The van der Waals surface area contributed by atoms with Crippen LogP contribution in [0.3, 0.4) is 0 Å². The van der Waals surface area contributed by atoms with Gasteiger partial charge in [0.15, 0.2) is 6.61 Å². The van der Waals surface area contributed by atoms with E-state index in [1.807, 2.05) is 43.3 Å². The maximum Gasteiger partial charge on any atom is 0.260 e. The van der Waals surface area contributed by atoms with Crippen molar-refractivity contribution in [3.05, 3.63) is 24.3 Å². The molecule has 7 nitrogen and oxygen atoms in total. The molecule has 1 fully saturated rings. The van der Waals surface area contributed by atoms with Gasteiger partial charge in [-0.15, -0.1) is 0 Å². The molecule has 0 unspecified atom stereocenters. The molecule has 0 aliphatic carbocycles. The molecule has 1 aromatic carbocycles. The monoisotopic (exact) mass is 362 g/mol. The molecule has 0 bridgehead atoms. The van der Waals surface area contributed by atoms with Crippen molar-refractivity contribution in [1.29, 1.82) is 0 Å². The van der Waals surface area contributed by atoms with Gasteiger partial charge in [0.25, 0.3) is 5.91 Å². The van der Waals surface area contributed by atoms with Gasteiger partial charge in [-0.1, -0.05) is 6.07 Å². The largest absolute Gasteiger partial charge is 0.484 e. The third-order valence-corrected chi connectivity index (χ3v) is 4.68. The smallest absolute Gasteiger partial charge is 0.260 e. The maximum atomic E-state index is 12.6. The maximum absolute atomic E-state index is 12.6. The Labute approximate surface area is 155 Å². The van der Waals surface area contributed by atoms with Crippen molar-refractivity contribution < 1.29 is 14.3 Å². The van der Waals surface area contributed by atoms with E-state index in [0.29, 0.717) is 25.4 Å². The van der Waals surface area contributed by atoms with Crippen molar-refractivity contribution in [2.75, 3.05) is 52.3 Å². The van der Waals surface area contributed by atoms with Crippen LogP contribution in [0.2, 0.25) is 0 Å². The number of ether oxygens (including phenoxy) is 1. The minimum absolute atomic E-state index is 0.0287. The van der Waals surface area contributed by atoms with Crippen LogP contribution in [-0.4, -0.2) is 81.1 Å². The third kappa shape index (κ3) is 4.88. The summed E-state index contributed by atoms with van der Waals surface area (Å²) in [7, 11) is 5.54. The van der Waals surface area contributed by atoms with Crippen LogP contribution in [0.25, 0.3) is 0 Å². The Morgan fingerprint density at radius 2 is 2.04 bits per heavy atom. The summed E-state index contributed by atoms with van der Waals surface area (Å²) in [6, 6.07) is 7.54. The number of carbonyl (C=O) groups excluding carboxylic acids is 2. The van der Waals surface area contributed by atoms with Gasteiger partial charge in [0.05, 0.1) is 0 Å². The molecular formula is C19H30N4O3. The van der Waals surface area contributed by atoms with Gasteiger partial charge in [0, 0.05) is 58.6 Å². The van der Waals surface area contributed by atoms with Crippen molar-refractivity contribution in [2.45, 2.75) is 25.9 Å². The number of anilines is 1. The average molecular weight is 362 g/mol. The molecule has 7 heteroatoms. The molecule has 1 saturated heterocycles. The van der Waals surface area contributed by atoms with E-state index in [-0.39, 0.29) is 30.5 Å². The summed E-state index contributed by atoms with van der Waals surface area (Å²) in [6.45, 7) is 5.77. The summed E-state index contributed by atoms with van der Waals surface area (Å²) in [6.07, 6.45) is 0. The van der Waals surface area contributed by atoms with E-state index >= 15 is 0 Å². The molecule has 2 amide bonds. The molecule has 0 spiro atoms. The summed E-state index contributed by atoms with van der Waals surface area (Å²) >= 11 is 0.